The van der Waals surface area contributed by atoms with Gasteiger partial charge in [0.1, 0.15) is 11.5 Å². The number of hydrogen-bond acceptors (Lipinski definition) is 6. The van der Waals surface area contributed by atoms with Crippen LogP contribution in [0.25, 0.3) is 0 Å². The van der Waals surface area contributed by atoms with E-state index in [-0.39, 0.29) is 36.4 Å². The SMILES string of the molecule is COc1cc(OC)cc(S(=O)(=O)N2CCCCC2CNC(=O)CCN)c1. The van der Waals surface area contributed by atoms with Crippen LogP contribution in [0, 0.1) is 0 Å². The van der Waals surface area contributed by atoms with Gasteiger partial charge in [-0.05, 0) is 12.8 Å². The van der Waals surface area contributed by atoms with Crippen molar-refractivity contribution >= 4 is 15.9 Å². The Balaban J connectivity index is 2.25. The molecule has 1 amide bonds. The number of sulfonamides is 1. The van der Waals surface area contributed by atoms with E-state index in [2.05, 4.69) is 5.32 Å². The van der Waals surface area contributed by atoms with Crippen LogP contribution in [0.5, 0.6) is 11.5 Å². The van der Waals surface area contributed by atoms with Crippen molar-refractivity contribution in [3.8, 4) is 11.5 Å². The summed E-state index contributed by atoms with van der Waals surface area (Å²) in [5.41, 5.74) is 5.37. The Bertz CT molecular complexity index is 701. The minimum absolute atomic E-state index is 0.119. The molecule has 0 aliphatic carbocycles. The lowest BCUT2D eigenvalue weighted by Crippen LogP contribution is -2.49. The second kappa shape index (κ2) is 9.20. The first-order valence-corrected chi connectivity index (χ1v) is 10.1. The van der Waals surface area contributed by atoms with Crippen molar-refractivity contribution in [3.63, 3.8) is 0 Å². The predicted octanol–water partition coefficient (Wildman–Crippen LogP) is 0.712. The van der Waals surface area contributed by atoms with E-state index >= 15 is 0 Å². The number of nitrogens with one attached hydrogen (secondary N) is 1. The fourth-order valence-corrected chi connectivity index (χ4v) is 4.75. The number of benzene rings is 1. The van der Waals surface area contributed by atoms with Gasteiger partial charge in [-0.2, -0.15) is 4.31 Å². The summed E-state index contributed by atoms with van der Waals surface area (Å²) in [5, 5.41) is 2.78. The van der Waals surface area contributed by atoms with Crippen molar-refractivity contribution in [1.29, 1.82) is 0 Å². The lowest BCUT2D eigenvalue weighted by molar-refractivity contribution is -0.121. The van der Waals surface area contributed by atoms with E-state index in [0.29, 0.717) is 24.5 Å². The largest absolute Gasteiger partial charge is 0.497 e. The second-order valence-corrected chi connectivity index (χ2v) is 8.05. The van der Waals surface area contributed by atoms with Crippen molar-refractivity contribution in [3.05, 3.63) is 18.2 Å². The molecule has 1 aliphatic rings. The Morgan fingerprint density at radius 1 is 1.23 bits per heavy atom. The Hall–Kier alpha value is -1.84. The molecule has 26 heavy (non-hydrogen) atoms. The number of methoxy groups -OCH3 is 2. The highest BCUT2D eigenvalue weighted by Gasteiger charge is 2.34. The number of piperidine rings is 1. The lowest BCUT2D eigenvalue weighted by Gasteiger charge is -2.34. The van der Waals surface area contributed by atoms with Crippen molar-refractivity contribution < 1.29 is 22.7 Å². The van der Waals surface area contributed by atoms with Crippen LogP contribution in [0.15, 0.2) is 23.1 Å². The molecule has 1 atom stereocenters. The van der Waals surface area contributed by atoms with E-state index in [4.69, 9.17) is 15.2 Å². The molecule has 0 spiro atoms. The van der Waals surface area contributed by atoms with Gasteiger partial charge in [-0.15, -0.1) is 0 Å². The van der Waals surface area contributed by atoms with Crippen LogP contribution in [-0.4, -0.2) is 58.5 Å². The maximum Gasteiger partial charge on any atom is 0.243 e. The van der Waals surface area contributed by atoms with Gasteiger partial charge in [0.15, 0.2) is 0 Å². The molecule has 1 heterocycles. The third kappa shape index (κ3) is 4.87. The Labute approximate surface area is 154 Å². The first-order valence-electron chi connectivity index (χ1n) is 8.64. The van der Waals surface area contributed by atoms with Crippen molar-refractivity contribution in [2.75, 3.05) is 33.9 Å². The van der Waals surface area contributed by atoms with Gasteiger partial charge < -0.3 is 20.5 Å². The van der Waals surface area contributed by atoms with Gasteiger partial charge in [0.2, 0.25) is 15.9 Å². The average molecular weight is 385 g/mol. The van der Waals surface area contributed by atoms with Crippen molar-refractivity contribution in [1.82, 2.24) is 9.62 Å². The molecule has 2 rings (SSSR count). The number of amides is 1. The molecule has 1 aromatic rings. The number of rotatable bonds is 8. The van der Waals surface area contributed by atoms with Crippen LogP contribution in [0.1, 0.15) is 25.7 Å². The molecule has 1 unspecified atom stereocenters. The fraction of sp³-hybridized carbons (Fsp3) is 0.588. The summed E-state index contributed by atoms with van der Waals surface area (Å²) in [4.78, 5) is 11.8. The molecule has 0 radical (unpaired) electrons. The minimum atomic E-state index is -3.74. The second-order valence-electron chi connectivity index (χ2n) is 6.16. The molecular weight excluding hydrogens is 358 g/mol. The molecule has 9 heteroatoms. The van der Waals surface area contributed by atoms with Gasteiger partial charge in [0.25, 0.3) is 0 Å². The van der Waals surface area contributed by atoms with Gasteiger partial charge in [0.05, 0.1) is 19.1 Å². The number of carbonyl (C=O) groups excluding carboxylic acids is 1. The number of nitrogens with zero attached hydrogens (tertiary/aromatic N) is 1. The highest BCUT2D eigenvalue weighted by Crippen LogP contribution is 2.30. The molecule has 3 N–H and O–H groups in total. The van der Waals surface area contributed by atoms with Crippen molar-refractivity contribution in [2.24, 2.45) is 5.73 Å². The Morgan fingerprint density at radius 3 is 2.46 bits per heavy atom. The fourth-order valence-electron chi connectivity index (χ4n) is 3.01. The maximum absolute atomic E-state index is 13.2. The Morgan fingerprint density at radius 2 is 1.88 bits per heavy atom. The number of carbonyl (C=O) groups is 1. The zero-order valence-electron chi connectivity index (χ0n) is 15.2. The van der Waals surface area contributed by atoms with Gasteiger partial charge >= 0.3 is 0 Å². The van der Waals surface area contributed by atoms with Gasteiger partial charge in [0, 0.05) is 50.3 Å². The van der Waals surface area contributed by atoms with E-state index in [0.717, 1.165) is 12.8 Å². The summed E-state index contributed by atoms with van der Waals surface area (Å²) in [6.07, 6.45) is 2.63. The van der Waals surface area contributed by atoms with Crippen molar-refractivity contribution in [2.45, 2.75) is 36.6 Å². The number of hydrogen-bond donors (Lipinski definition) is 2. The molecule has 0 saturated carbocycles. The van der Waals surface area contributed by atoms with E-state index in [1.165, 1.54) is 30.7 Å². The summed E-state index contributed by atoms with van der Waals surface area (Å²) in [6.45, 7) is 0.959. The topological polar surface area (TPSA) is 111 Å². The number of ether oxygens (including phenoxy) is 2. The van der Waals surface area contributed by atoms with E-state index < -0.39 is 10.0 Å². The summed E-state index contributed by atoms with van der Waals surface area (Å²) in [6, 6.07) is 4.31. The average Bonchev–Trinajstić information content (AvgIpc) is 2.66. The quantitative estimate of drug-likeness (QED) is 0.682. The van der Waals surface area contributed by atoms with Crippen LogP contribution in [0.4, 0.5) is 0 Å². The molecule has 0 aromatic heterocycles. The lowest BCUT2D eigenvalue weighted by atomic mass is 10.1. The van der Waals surface area contributed by atoms with Crippen LogP contribution < -0.4 is 20.5 Å². The first kappa shape index (κ1) is 20.5. The molecular formula is C17H27N3O5S. The van der Waals surface area contributed by atoms with Crippen LogP contribution in [-0.2, 0) is 14.8 Å². The molecule has 146 valence electrons. The van der Waals surface area contributed by atoms with Crippen LogP contribution in [0.2, 0.25) is 0 Å². The summed E-state index contributed by atoms with van der Waals surface area (Å²) in [5.74, 6) is 0.652. The molecule has 0 bridgehead atoms. The minimum Gasteiger partial charge on any atom is -0.497 e. The molecule has 1 saturated heterocycles. The van der Waals surface area contributed by atoms with Gasteiger partial charge in [-0.1, -0.05) is 6.42 Å². The van der Waals surface area contributed by atoms with E-state index in [9.17, 15) is 13.2 Å². The standard InChI is InChI=1S/C17H27N3O5S/c1-24-14-9-15(25-2)11-16(10-14)26(22,23)20-8-4-3-5-13(20)12-19-17(21)6-7-18/h9-11,13H,3-8,12,18H2,1-2H3,(H,19,21). The normalized spacial score (nSPS) is 18.3. The van der Waals surface area contributed by atoms with E-state index in [1.54, 1.807) is 6.07 Å². The summed E-state index contributed by atoms with van der Waals surface area (Å²) < 4.78 is 38.2. The molecule has 1 aliphatic heterocycles. The molecule has 1 aromatic carbocycles. The highest BCUT2D eigenvalue weighted by atomic mass is 32.2. The highest BCUT2D eigenvalue weighted by molar-refractivity contribution is 7.89. The third-order valence-electron chi connectivity index (χ3n) is 4.41. The molecule has 8 nitrogen and oxygen atoms in total. The molecule has 1 fully saturated rings. The third-order valence-corrected chi connectivity index (χ3v) is 6.34. The maximum atomic E-state index is 13.2. The zero-order valence-corrected chi connectivity index (χ0v) is 16.0. The Kier molecular flexibility index (Phi) is 7.24. The van der Waals surface area contributed by atoms with Crippen LogP contribution in [0.3, 0.4) is 0 Å². The number of nitrogens with two attached hydrogens (primary N) is 1. The van der Waals surface area contributed by atoms with Crippen LogP contribution >= 0.6 is 0 Å². The van der Waals surface area contributed by atoms with Gasteiger partial charge in [-0.25, -0.2) is 8.42 Å². The first-order chi connectivity index (χ1) is 12.4. The smallest absolute Gasteiger partial charge is 0.243 e. The van der Waals surface area contributed by atoms with E-state index in [1.807, 2.05) is 0 Å². The predicted molar refractivity (Wildman–Crippen MR) is 97.8 cm³/mol. The zero-order chi connectivity index (χ0) is 19.2. The monoisotopic (exact) mass is 385 g/mol. The summed E-state index contributed by atoms with van der Waals surface area (Å²) >= 11 is 0. The van der Waals surface area contributed by atoms with Gasteiger partial charge in [-0.3, -0.25) is 4.79 Å². The summed E-state index contributed by atoms with van der Waals surface area (Å²) in [7, 11) is -0.791.